The van der Waals surface area contributed by atoms with Gasteiger partial charge in [0.05, 0.1) is 12.2 Å². The first-order chi connectivity index (χ1) is 17.0. The number of aliphatic imine (C=N–C) groups is 1. The molecule has 0 heterocycles. The fourth-order valence-corrected chi connectivity index (χ4v) is 3.39. The summed E-state index contributed by atoms with van der Waals surface area (Å²) in [6.07, 6.45) is 4.47. The highest BCUT2D eigenvalue weighted by Crippen LogP contribution is 2.43. The van der Waals surface area contributed by atoms with E-state index in [1.165, 1.54) is 12.8 Å². The fraction of sp³-hybridized carbons (Fsp3) is 0.333. The van der Waals surface area contributed by atoms with Crippen LogP contribution in [0.15, 0.2) is 82.6 Å². The molecule has 0 bridgehead atoms. The van der Waals surface area contributed by atoms with Crippen molar-refractivity contribution >= 4 is 23.4 Å². The summed E-state index contributed by atoms with van der Waals surface area (Å²) in [4.78, 5) is 17.6. The monoisotopic (exact) mass is 489 g/mol. The molecule has 36 heavy (non-hydrogen) atoms. The number of phenols is 1. The van der Waals surface area contributed by atoms with Gasteiger partial charge in [0.15, 0.2) is 0 Å². The number of nitrogens with zero attached hydrogens (tertiary/aromatic N) is 1. The van der Waals surface area contributed by atoms with Crippen LogP contribution in [0.2, 0.25) is 0 Å². The number of hydrogen-bond acceptors (Lipinski definition) is 5. The first-order valence-electron chi connectivity index (χ1n) is 12.0. The predicted octanol–water partition coefficient (Wildman–Crippen LogP) is 6.59. The van der Waals surface area contributed by atoms with Gasteiger partial charge in [0.25, 0.3) is 5.91 Å². The number of aromatic hydroxyl groups is 1. The van der Waals surface area contributed by atoms with Crippen LogP contribution in [0.1, 0.15) is 58.6 Å². The van der Waals surface area contributed by atoms with Gasteiger partial charge in [-0.05, 0) is 85.6 Å². The smallest absolute Gasteiger partial charge is 0.256 e. The van der Waals surface area contributed by atoms with Crippen LogP contribution in [0.4, 0.5) is 5.69 Å². The highest BCUT2D eigenvalue weighted by molar-refractivity contribution is 6.13. The molecule has 1 aliphatic carbocycles. The molecule has 6 heteroatoms. The number of carbonyl (C=O) groups is 1. The molecule has 4 N–H and O–H groups in total. The second kappa shape index (κ2) is 12.9. The van der Waals surface area contributed by atoms with Crippen molar-refractivity contribution in [3.63, 3.8) is 0 Å². The Bertz CT molecular complexity index is 1150. The van der Waals surface area contributed by atoms with Gasteiger partial charge in [0.2, 0.25) is 0 Å². The van der Waals surface area contributed by atoms with E-state index < -0.39 is 0 Å². The molecule has 0 atom stereocenters. The van der Waals surface area contributed by atoms with Gasteiger partial charge in [0, 0.05) is 24.6 Å². The zero-order valence-electron chi connectivity index (χ0n) is 22.3. The summed E-state index contributed by atoms with van der Waals surface area (Å²) in [5.74, 6) is 0.00973. The fourth-order valence-electron chi connectivity index (χ4n) is 3.39. The van der Waals surface area contributed by atoms with E-state index in [0.29, 0.717) is 34.6 Å². The van der Waals surface area contributed by atoms with Crippen LogP contribution in [0, 0.1) is 5.41 Å². The Morgan fingerprint density at radius 3 is 2.11 bits per heavy atom. The summed E-state index contributed by atoms with van der Waals surface area (Å²) in [6, 6.07) is 14.0. The molecule has 1 saturated carbocycles. The van der Waals surface area contributed by atoms with Crippen LogP contribution in [-0.4, -0.2) is 24.3 Å². The number of ether oxygens (including phenoxy) is 1. The lowest BCUT2D eigenvalue weighted by atomic mass is 9.91. The second-order valence-corrected chi connectivity index (χ2v) is 9.72. The lowest BCUT2D eigenvalue weighted by Gasteiger charge is -2.18. The van der Waals surface area contributed by atoms with Crippen LogP contribution < -0.4 is 11.1 Å². The Morgan fingerprint density at radius 2 is 1.67 bits per heavy atom. The Balaban J connectivity index is 0.000000809. The molecule has 192 valence electrons. The van der Waals surface area contributed by atoms with Gasteiger partial charge in [0.1, 0.15) is 11.6 Å². The Kier molecular flexibility index (Phi) is 10.2. The summed E-state index contributed by atoms with van der Waals surface area (Å²) >= 11 is 0. The number of allylic oxidation sites excluding steroid dienone is 2. The zero-order chi connectivity index (χ0) is 26.9. The van der Waals surface area contributed by atoms with Gasteiger partial charge < -0.3 is 20.9 Å². The summed E-state index contributed by atoms with van der Waals surface area (Å²) in [7, 11) is 1.63. The maximum atomic E-state index is 13.4. The van der Waals surface area contributed by atoms with Crippen LogP contribution in [0.3, 0.4) is 0 Å². The summed E-state index contributed by atoms with van der Waals surface area (Å²) < 4.78 is 5.13. The molecule has 3 rings (SSSR count). The molecule has 1 amide bonds. The zero-order valence-corrected chi connectivity index (χ0v) is 22.3. The van der Waals surface area contributed by atoms with Gasteiger partial charge in [-0.2, -0.15) is 0 Å². The topological polar surface area (TPSA) is 96.9 Å². The third-order valence-corrected chi connectivity index (χ3v) is 5.88. The molecule has 2 aromatic carbocycles. The van der Waals surface area contributed by atoms with Crippen LogP contribution >= 0.6 is 0 Å². The van der Waals surface area contributed by atoms with Crippen molar-refractivity contribution in [3.05, 3.63) is 88.8 Å². The molecule has 2 aromatic rings. The van der Waals surface area contributed by atoms with Crippen molar-refractivity contribution in [2.75, 3.05) is 12.4 Å². The van der Waals surface area contributed by atoms with Crippen molar-refractivity contribution in [2.24, 2.45) is 16.1 Å². The van der Waals surface area contributed by atoms with E-state index in [2.05, 4.69) is 30.7 Å². The number of methoxy groups -OCH3 is 1. The van der Waals surface area contributed by atoms with Gasteiger partial charge in [-0.15, -0.1) is 0 Å². The largest absolute Gasteiger partial charge is 0.508 e. The highest BCUT2D eigenvalue weighted by atomic mass is 16.5. The van der Waals surface area contributed by atoms with Crippen molar-refractivity contribution in [3.8, 4) is 5.75 Å². The molecular formula is C30H39N3O3. The summed E-state index contributed by atoms with van der Waals surface area (Å²) in [5, 5.41) is 12.6. The number of nitrogens with one attached hydrogen (secondary N) is 1. The quantitative estimate of drug-likeness (QED) is 0.221. The molecule has 1 aliphatic rings. The minimum atomic E-state index is -0.336. The van der Waals surface area contributed by atoms with Crippen molar-refractivity contribution < 1.29 is 14.6 Å². The average Bonchev–Trinajstić information content (AvgIpc) is 3.53. The van der Waals surface area contributed by atoms with Gasteiger partial charge in [-0.1, -0.05) is 44.7 Å². The van der Waals surface area contributed by atoms with E-state index in [0.717, 1.165) is 16.5 Å². The standard InChI is InChI=1S/C25H29N3O3.C5H10/c1-6-27-24(26)22(16(2)3)23(17(4)19-9-13-21(29)14-10-19)25(30)28-20-11-7-18(8-12-20)15-31-5;1-5(2)3-4-5/h6-14,29H,2,15,26H2,1,3-5H3,(H,28,30);3-4H2,1-2H3/b23-17-,24-22+,27-6-;. The third-order valence-electron chi connectivity index (χ3n) is 5.88. The number of nitrogens with two attached hydrogens (primary N) is 1. The Hall–Kier alpha value is -3.64. The highest BCUT2D eigenvalue weighted by Gasteiger charge is 2.30. The Morgan fingerprint density at radius 1 is 1.11 bits per heavy atom. The number of carbonyl (C=O) groups excluding carboxylic acids is 1. The first kappa shape index (κ1) is 28.6. The average molecular weight is 490 g/mol. The lowest BCUT2D eigenvalue weighted by molar-refractivity contribution is -0.112. The lowest BCUT2D eigenvalue weighted by Crippen LogP contribution is -2.20. The number of anilines is 1. The summed E-state index contributed by atoms with van der Waals surface area (Å²) in [5.41, 5.74) is 11.5. The molecule has 0 saturated heterocycles. The minimum absolute atomic E-state index is 0.143. The van der Waals surface area contributed by atoms with Crippen molar-refractivity contribution in [1.82, 2.24) is 0 Å². The van der Waals surface area contributed by atoms with E-state index in [9.17, 15) is 9.90 Å². The SMILES string of the molecule is C=C(C)C(/C(C(=O)Nc1ccc(COC)cc1)=C(\C)c1ccc(O)cc1)=C(N)\N=C/C.CC1(C)CC1. The molecule has 0 spiro atoms. The normalized spacial score (nSPS) is 15.3. The number of rotatable bonds is 8. The first-order valence-corrected chi connectivity index (χ1v) is 12.0. The molecule has 6 nitrogen and oxygen atoms in total. The molecule has 0 unspecified atom stereocenters. The maximum Gasteiger partial charge on any atom is 0.256 e. The van der Waals surface area contributed by atoms with E-state index in [4.69, 9.17) is 10.5 Å². The number of benzene rings is 2. The van der Waals surface area contributed by atoms with Crippen LogP contribution in [0.5, 0.6) is 5.75 Å². The van der Waals surface area contributed by atoms with Gasteiger partial charge in [-0.25, -0.2) is 4.99 Å². The predicted molar refractivity (Wildman–Crippen MR) is 150 cm³/mol. The molecule has 0 radical (unpaired) electrons. The minimum Gasteiger partial charge on any atom is -0.508 e. The van der Waals surface area contributed by atoms with Gasteiger partial charge in [-0.3, -0.25) is 4.79 Å². The summed E-state index contributed by atoms with van der Waals surface area (Å²) in [6.45, 7) is 14.5. The van der Waals surface area contributed by atoms with E-state index in [1.54, 1.807) is 51.4 Å². The Labute approximate surface area is 215 Å². The molecule has 0 aliphatic heterocycles. The molecule has 0 aromatic heterocycles. The van der Waals surface area contributed by atoms with Crippen LogP contribution in [0.25, 0.3) is 5.57 Å². The number of amides is 1. The third kappa shape index (κ3) is 8.54. The van der Waals surface area contributed by atoms with Crippen molar-refractivity contribution in [1.29, 1.82) is 0 Å². The van der Waals surface area contributed by atoms with Gasteiger partial charge >= 0.3 is 0 Å². The van der Waals surface area contributed by atoms with Crippen LogP contribution in [-0.2, 0) is 16.1 Å². The molecule has 1 fully saturated rings. The van der Waals surface area contributed by atoms with E-state index in [1.807, 2.05) is 31.2 Å². The second-order valence-electron chi connectivity index (χ2n) is 9.72. The van der Waals surface area contributed by atoms with E-state index >= 15 is 0 Å². The molecular weight excluding hydrogens is 450 g/mol. The van der Waals surface area contributed by atoms with Crippen molar-refractivity contribution in [2.45, 2.75) is 54.1 Å². The van der Waals surface area contributed by atoms with E-state index in [-0.39, 0.29) is 17.5 Å². The number of hydrogen-bond donors (Lipinski definition) is 3. The number of phenolic OH excluding ortho intramolecular Hbond substituents is 1. The maximum absolute atomic E-state index is 13.4.